The molecule has 0 aliphatic carbocycles. The molecular weight excluding hydrogens is 362 g/mol. The number of nitrogens with one attached hydrogen (secondary N) is 1. The zero-order valence-electron chi connectivity index (χ0n) is 17.2. The lowest BCUT2D eigenvalue weighted by atomic mass is 10.1. The molecule has 3 rings (SSSR count). The van der Waals surface area contributed by atoms with E-state index in [4.69, 9.17) is 4.74 Å². The van der Waals surface area contributed by atoms with Gasteiger partial charge in [-0.1, -0.05) is 49.4 Å². The molecule has 1 N–H and O–H groups in total. The van der Waals surface area contributed by atoms with Gasteiger partial charge in [0.05, 0.1) is 13.2 Å². The number of ether oxygens (including phenoxy) is 1. The molecule has 0 bridgehead atoms. The number of hydrogen-bond acceptors (Lipinski definition) is 2. The molecule has 1 heterocycles. The Morgan fingerprint density at radius 1 is 1.00 bits per heavy atom. The molecule has 152 valence electrons. The predicted molar refractivity (Wildman–Crippen MR) is 117 cm³/mol. The van der Waals surface area contributed by atoms with E-state index in [2.05, 4.69) is 41.2 Å². The number of urea groups is 1. The lowest BCUT2D eigenvalue weighted by molar-refractivity contribution is 0.152. The van der Waals surface area contributed by atoms with E-state index in [0.29, 0.717) is 19.7 Å². The van der Waals surface area contributed by atoms with Gasteiger partial charge in [-0.2, -0.15) is 0 Å². The SMILES string of the molecule is CCc1ccc(NC(=O)N(CCOC)Cc2cccn2Cc2ccccc2)cc1. The van der Waals surface area contributed by atoms with Gasteiger partial charge in [-0.05, 0) is 41.8 Å². The van der Waals surface area contributed by atoms with E-state index >= 15 is 0 Å². The van der Waals surface area contributed by atoms with Gasteiger partial charge < -0.3 is 19.5 Å². The molecule has 0 aliphatic rings. The van der Waals surface area contributed by atoms with Crippen LogP contribution >= 0.6 is 0 Å². The average molecular weight is 392 g/mol. The number of anilines is 1. The zero-order valence-corrected chi connectivity index (χ0v) is 17.2. The molecular formula is C24H29N3O2. The molecule has 0 saturated carbocycles. The first-order chi connectivity index (χ1) is 14.2. The second-order valence-corrected chi connectivity index (χ2v) is 7.01. The van der Waals surface area contributed by atoms with Crippen LogP contribution in [0.25, 0.3) is 0 Å². The van der Waals surface area contributed by atoms with Crippen LogP contribution in [0.2, 0.25) is 0 Å². The Hall–Kier alpha value is -3.05. The molecule has 0 fully saturated rings. The van der Waals surface area contributed by atoms with Crippen molar-refractivity contribution in [2.75, 3.05) is 25.6 Å². The summed E-state index contributed by atoms with van der Waals surface area (Å²) in [5.41, 5.74) is 4.36. The third-order valence-corrected chi connectivity index (χ3v) is 4.94. The van der Waals surface area contributed by atoms with Crippen LogP contribution in [0.3, 0.4) is 0 Å². The molecule has 0 atom stereocenters. The number of carbonyl (C=O) groups excluding carboxylic acids is 1. The van der Waals surface area contributed by atoms with E-state index in [1.807, 2.05) is 48.5 Å². The van der Waals surface area contributed by atoms with Crippen LogP contribution in [0.5, 0.6) is 0 Å². The van der Waals surface area contributed by atoms with Crippen molar-refractivity contribution in [1.82, 2.24) is 9.47 Å². The summed E-state index contributed by atoms with van der Waals surface area (Å²) in [5.74, 6) is 0. The minimum Gasteiger partial charge on any atom is -0.383 e. The predicted octanol–water partition coefficient (Wildman–Crippen LogP) is 4.78. The van der Waals surface area contributed by atoms with Gasteiger partial charge in [-0.15, -0.1) is 0 Å². The Labute approximate surface area is 172 Å². The number of carbonyl (C=O) groups is 1. The largest absolute Gasteiger partial charge is 0.383 e. The van der Waals surface area contributed by atoms with Crippen molar-refractivity contribution >= 4 is 11.7 Å². The fourth-order valence-electron chi connectivity index (χ4n) is 3.20. The maximum Gasteiger partial charge on any atom is 0.322 e. The molecule has 29 heavy (non-hydrogen) atoms. The zero-order chi connectivity index (χ0) is 20.5. The van der Waals surface area contributed by atoms with Crippen molar-refractivity contribution in [1.29, 1.82) is 0 Å². The van der Waals surface area contributed by atoms with Crippen LogP contribution in [-0.4, -0.2) is 35.8 Å². The molecule has 2 aromatic carbocycles. The maximum absolute atomic E-state index is 12.9. The van der Waals surface area contributed by atoms with E-state index < -0.39 is 0 Å². The molecule has 2 amide bonds. The number of hydrogen-bond donors (Lipinski definition) is 1. The monoisotopic (exact) mass is 391 g/mol. The number of amides is 2. The number of benzene rings is 2. The van der Waals surface area contributed by atoms with E-state index in [1.165, 1.54) is 11.1 Å². The Balaban J connectivity index is 1.70. The summed E-state index contributed by atoms with van der Waals surface area (Å²) in [6.07, 6.45) is 3.03. The smallest absolute Gasteiger partial charge is 0.322 e. The normalized spacial score (nSPS) is 10.7. The fourth-order valence-corrected chi connectivity index (χ4v) is 3.20. The van der Waals surface area contributed by atoms with Gasteiger partial charge >= 0.3 is 6.03 Å². The van der Waals surface area contributed by atoms with Crippen molar-refractivity contribution in [3.05, 3.63) is 89.7 Å². The molecule has 5 heteroatoms. The highest BCUT2D eigenvalue weighted by Gasteiger charge is 2.16. The number of rotatable bonds is 9. The Morgan fingerprint density at radius 3 is 2.45 bits per heavy atom. The van der Waals surface area contributed by atoms with Crippen molar-refractivity contribution in [2.45, 2.75) is 26.4 Å². The molecule has 0 radical (unpaired) electrons. The average Bonchev–Trinajstić information content (AvgIpc) is 3.18. The minimum atomic E-state index is -0.126. The van der Waals surface area contributed by atoms with E-state index in [-0.39, 0.29) is 6.03 Å². The molecule has 1 aromatic heterocycles. The van der Waals surface area contributed by atoms with Gasteiger partial charge in [-0.25, -0.2) is 4.79 Å². The Morgan fingerprint density at radius 2 is 1.76 bits per heavy atom. The van der Waals surface area contributed by atoms with E-state index in [9.17, 15) is 4.79 Å². The molecule has 0 unspecified atom stereocenters. The quantitative estimate of drug-likeness (QED) is 0.571. The summed E-state index contributed by atoms with van der Waals surface area (Å²) in [6.45, 7) is 4.42. The van der Waals surface area contributed by atoms with Gasteiger partial charge in [0, 0.05) is 37.8 Å². The fraction of sp³-hybridized carbons (Fsp3) is 0.292. The Kier molecular flexibility index (Phi) is 7.47. The number of aryl methyl sites for hydroxylation is 1. The van der Waals surface area contributed by atoms with Gasteiger partial charge in [0.1, 0.15) is 0 Å². The van der Waals surface area contributed by atoms with Crippen LogP contribution < -0.4 is 5.32 Å². The number of nitrogens with zero attached hydrogens (tertiary/aromatic N) is 2. The number of aromatic nitrogens is 1. The van der Waals surface area contributed by atoms with Crippen LogP contribution in [0.15, 0.2) is 72.9 Å². The number of methoxy groups -OCH3 is 1. The summed E-state index contributed by atoms with van der Waals surface area (Å²) in [4.78, 5) is 14.7. The highest BCUT2D eigenvalue weighted by atomic mass is 16.5. The molecule has 0 spiro atoms. The maximum atomic E-state index is 12.9. The lowest BCUT2D eigenvalue weighted by Gasteiger charge is -2.24. The van der Waals surface area contributed by atoms with E-state index in [0.717, 1.165) is 24.3 Å². The van der Waals surface area contributed by atoms with Gasteiger partial charge in [0.25, 0.3) is 0 Å². The first-order valence-corrected chi connectivity index (χ1v) is 10.0. The summed E-state index contributed by atoms with van der Waals surface area (Å²) in [7, 11) is 1.65. The highest BCUT2D eigenvalue weighted by molar-refractivity contribution is 5.89. The standard InChI is InChI=1S/C24H29N3O2/c1-3-20-11-13-22(14-12-20)25-24(28)27(16-17-29-2)19-23-10-7-15-26(23)18-21-8-5-4-6-9-21/h4-15H,3,16-19H2,1-2H3,(H,25,28). The van der Waals surface area contributed by atoms with Crippen molar-refractivity contribution in [3.8, 4) is 0 Å². The Bertz CT molecular complexity index is 888. The topological polar surface area (TPSA) is 46.5 Å². The van der Waals surface area contributed by atoms with Gasteiger partial charge in [0.15, 0.2) is 0 Å². The van der Waals surface area contributed by atoms with Crippen molar-refractivity contribution < 1.29 is 9.53 Å². The van der Waals surface area contributed by atoms with Crippen LogP contribution in [0.1, 0.15) is 23.7 Å². The van der Waals surface area contributed by atoms with Crippen molar-refractivity contribution in [3.63, 3.8) is 0 Å². The van der Waals surface area contributed by atoms with Gasteiger partial charge in [0.2, 0.25) is 0 Å². The third kappa shape index (κ3) is 5.96. The molecule has 5 nitrogen and oxygen atoms in total. The van der Waals surface area contributed by atoms with Crippen LogP contribution in [-0.2, 0) is 24.2 Å². The lowest BCUT2D eigenvalue weighted by Crippen LogP contribution is -2.37. The summed E-state index contributed by atoms with van der Waals surface area (Å²) < 4.78 is 7.40. The third-order valence-electron chi connectivity index (χ3n) is 4.94. The molecule has 0 aliphatic heterocycles. The summed E-state index contributed by atoms with van der Waals surface area (Å²) in [6, 6.07) is 22.3. The first kappa shape index (κ1) is 20.7. The first-order valence-electron chi connectivity index (χ1n) is 10.0. The van der Waals surface area contributed by atoms with Crippen LogP contribution in [0, 0.1) is 0 Å². The molecule has 3 aromatic rings. The van der Waals surface area contributed by atoms with Gasteiger partial charge in [-0.3, -0.25) is 0 Å². The summed E-state index contributed by atoms with van der Waals surface area (Å²) in [5, 5.41) is 3.01. The van der Waals surface area contributed by atoms with Crippen molar-refractivity contribution in [2.24, 2.45) is 0 Å². The highest BCUT2D eigenvalue weighted by Crippen LogP contribution is 2.14. The van der Waals surface area contributed by atoms with E-state index in [1.54, 1.807) is 12.0 Å². The summed E-state index contributed by atoms with van der Waals surface area (Å²) >= 11 is 0. The molecule has 0 saturated heterocycles. The van der Waals surface area contributed by atoms with Crippen LogP contribution in [0.4, 0.5) is 10.5 Å². The second kappa shape index (κ2) is 10.5. The minimum absolute atomic E-state index is 0.126. The second-order valence-electron chi connectivity index (χ2n) is 7.01.